The topological polar surface area (TPSA) is 17.8 Å². The molecule has 2 aromatic heterocycles. The molecule has 0 amide bonds. The summed E-state index contributed by atoms with van der Waals surface area (Å²) in [5, 5.41) is 2.14. The summed E-state index contributed by atoms with van der Waals surface area (Å²) in [5.74, 6) is 1.70. The molecule has 0 aliphatic rings. The molecule has 0 bridgehead atoms. The third kappa shape index (κ3) is 2.85. The molecule has 0 spiro atoms. The van der Waals surface area contributed by atoms with Crippen LogP contribution >= 0.6 is 22.9 Å². The maximum absolute atomic E-state index is 5.97. The second kappa shape index (κ2) is 6.20. The lowest BCUT2D eigenvalue weighted by molar-refractivity contribution is 0.541. The minimum Gasteiger partial charge on any atom is -0.325 e. The van der Waals surface area contributed by atoms with Crippen molar-refractivity contribution in [2.45, 2.75) is 32.7 Å². The molecule has 0 aliphatic heterocycles. The molecule has 0 aliphatic carbocycles. The lowest BCUT2D eigenvalue weighted by Gasteiger charge is -2.17. The largest absolute Gasteiger partial charge is 0.325 e. The van der Waals surface area contributed by atoms with Crippen molar-refractivity contribution in [3.05, 3.63) is 52.0 Å². The maximum Gasteiger partial charge on any atom is 0.111 e. The van der Waals surface area contributed by atoms with Gasteiger partial charge in [-0.05, 0) is 36.9 Å². The van der Waals surface area contributed by atoms with Crippen molar-refractivity contribution in [2.75, 3.05) is 5.88 Å². The molecule has 4 heteroatoms. The standard InChI is InChI=1S/C17H19ClN2S/c1-12-5-3-7-15-17(12)19-16(8-9-18)20(15)13(2)11-14-6-4-10-21-14/h3-7,10,13H,8-9,11H2,1-2H3. The number of benzene rings is 1. The van der Waals surface area contributed by atoms with Crippen molar-refractivity contribution in [3.63, 3.8) is 0 Å². The molecule has 0 N–H and O–H groups in total. The lowest BCUT2D eigenvalue weighted by atomic mass is 10.1. The van der Waals surface area contributed by atoms with Gasteiger partial charge in [-0.25, -0.2) is 4.98 Å². The van der Waals surface area contributed by atoms with Crippen LogP contribution in [0.25, 0.3) is 11.0 Å². The van der Waals surface area contributed by atoms with Crippen LogP contribution in [0.2, 0.25) is 0 Å². The van der Waals surface area contributed by atoms with Crippen LogP contribution in [0, 0.1) is 6.92 Å². The van der Waals surface area contributed by atoms with E-state index in [0.29, 0.717) is 11.9 Å². The van der Waals surface area contributed by atoms with Crippen molar-refractivity contribution >= 4 is 34.0 Å². The summed E-state index contributed by atoms with van der Waals surface area (Å²) >= 11 is 7.79. The highest BCUT2D eigenvalue weighted by molar-refractivity contribution is 7.09. The van der Waals surface area contributed by atoms with E-state index in [9.17, 15) is 0 Å². The van der Waals surface area contributed by atoms with Crippen molar-refractivity contribution in [1.29, 1.82) is 0 Å². The van der Waals surface area contributed by atoms with E-state index in [-0.39, 0.29) is 0 Å². The summed E-state index contributed by atoms with van der Waals surface area (Å²) in [4.78, 5) is 6.25. The second-order valence-corrected chi connectivity index (χ2v) is 6.82. The van der Waals surface area contributed by atoms with Crippen LogP contribution in [-0.4, -0.2) is 15.4 Å². The van der Waals surface area contributed by atoms with Crippen LogP contribution in [0.15, 0.2) is 35.7 Å². The summed E-state index contributed by atoms with van der Waals surface area (Å²) in [6.07, 6.45) is 1.84. The Morgan fingerprint density at radius 2 is 2.14 bits per heavy atom. The van der Waals surface area contributed by atoms with Gasteiger partial charge in [-0.3, -0.25) is 0 Å². The van der Waals surface area contributed by atoms with Crippen LogP contribution in [0.4, 0.5) is 0 Å². The normalized spacial score (nSPS) is 12.9. The van der Waals surface area contributed by atoms with Gasteiger partial charge in [0, 0.05) is 29.6 Å². The number of aryl methyl sites for hydroxylation is 2. The number of thiophene rings is 1. The van der Waals surface area contributed by atoms with Gasteiger partial charge < -0.3 is 4.57 Å². The molecule has 2 nitrogen and oxygen atoms in total. The average molecular weight is 319 g/mol. The molecule has 0 radical (unpaired) electrons. The molecule has 1 unspecified atom stereocenters. The van der Waals surface area contributed by atoms with Gasteiger partial charge in [-0.2, -0.15) is 0 Å². The number of para-hydroxylation sites is 1. The first-order chi connectivity index (χ1) is 10.2. The molecular weight excluding hydrogens is 300 g/mol. The smallest absolute Gasteiger partial charge is 0.111 e. The fourth-order valence-electron chi connectivity index (χ4n) is 2.87. The van der Waals surface area contributed by atoms with Gasteiger partial charge in [0.1, 0.15) is 5.82 Å². The van der Waals surface area contributed by atoms with E-state index in [4.69, 9.17) is 16.6 Å². The Labute approximate surface area is 134 Å². The van der Waals surface area contributed by atoms with Crippen LogP contribution in [0.5, 0.6) is 0 Å². The maximum atomic E-state index is 5.97. The van der Waals surface area contributed by atoms with Gasteiger partial charge >= 0.3 is 0 Å². The van der Waals surface area contributed by atoms with Gasteiger partial charge in [0.05, 0.1) is 11.0 Å². The van der Waals surface area contributed by atoms with E-state index >= 15 is 0 Å². The number of hydrogen-bond donors (Lipinski definition) is 0. The molecule has 3 rings (SSSR count). The van der Waals surface area contributed by atoms with Crippen LogP contribution < -0.4 is 0 Å². The molecule has 0 saturated carbocycles. The third-order valence-corrected chi connectivity index (χ3v) is 4.92. The molecule has 0 saturated heterocycles. The SMILES string of the molecule is Cc1cccc2c1nc(CCCl)n2C(C)Cc1cccs1. The monoisotopic (exact) mass is 318 g/mol. The second-order valence-electron chi connectivity index (χ2n) is 5.41. The van der Waals surface area contributed by atoms with E-state index < -0.39 is 0 Å². The fraction of sp³-hybridized carbons (Fsp3) is 0.353. The molecule has 1 aromatic carbocycles. The van der Waals surface area contributed by atoms with Gasteiger partial charge in [-0.15, -0.1) is 22.9 Å². The van der Waals surface area contributed by atoms with Gasteiger partial charge in [0.15, 0.2) is 0 Å². The highest BCUT2D eigenvalue weighted by Crippen LogP contribution is 2.27. The number of nitrogens with zero attached hydrogens (tertiary/aromatic N) is 2. The van der Waals surface area contributed by atoms with Crippen molar-refractivity contribution < 1.29 is 0 Å². The molecule has 3 aromatic rings. The number of aromatic nitrogens is 2. The molecule has 1 atom stereocenters. The first-order valence-corrected chi connectivity index (χ1v) is 8.67. The van der Waals surface area contributed by atoms with Gasteiger partial charge in [0.25, 0.3) is 0 Å². The predicted molar refractivity (Wildman–Crippen MR) is 91.6 cm³/mol. The van der Waals surface area contributed by atoms with Crippen LogP contribution in [-0.2, 0) is 12.8 Å². The molecule has 110 valence electrons. The van der Waals surface area contributed by atoms with Crippen molar-refractivity contribution in [1.82, 2.24) is 9.55 Å². The van der Waals surface area contributed by atoms with Crippen LogP contribution in [0.3, 0.4) is 0 Å². The first kappa shape index (κ1) is 14.6. The summed E-state index contributed by atoms with van der Waals surface area (Å²) < 4.78 is 2.37. The van der Waals surface area contributed by atoms with E-state index in [1.54, 1.807) is 0 Å². The number of alkyl halides is 1. The molecular formula is C17H19ClN2S. The Balaban J connectivity index is 2.06. The molecule has 0 fully saturated rings. The molecule has 2 heterocycles. The molecule has 21 heavy (non-hydrogen) atoms. The number of fused-ring (bicyclic) bond motifs is 1. The van der Waals surface area contributed by atoms with E-state index in [1.165, 1.54) is 16.0 Å². The Hall–Kier alpha value is -1.32. The highest BCUT2D eigenvalue weighted by Gasteiger charge is 2.17. The number of hydrogen-bond acceptors (Lipinski definition) is 2. The number of rotatable bonds is 5. The zero-order valence-corrected chi connectivity index (χ0v) is 13.9. The van der Waals surface area contributed by atoms with E-state index in [0.717, 1.165) is 24.2 Å². The Morgan fingerprint density at radius 3 is 2.86 bits per heavy atom. The zero-order valence-electron chi connectivity index (χ0n) is 12.3. The highest BCUT2D eigenvalue weighted by atomic mass is 35.5. The Morgan fingerprint density at radius 1 is 1.29 bits per heavy atom. The Kier molecular flexibility index (Phi) is 4.32. The van der Waals surface area contributed by atoms with Crippen LogP contribution in [0.1, 0.15) is 29.2 Å². The summed E-state index contributed by atoms with van der Waals surface area (Å²) in [7, 11) is 0. The first-order valence-electron chi connectivity index (χ1n) is 7.25. The zero-order chi connectivity index (χ0) is 14.8. The third-order valence-electron chi connectivity index (χ3n) is 3.83. The van der Waals surface area contributed by atoms with Crippen molar-refractivity contribution in [3.8, 4) is 0 Å². The summed E-state index contributed by atoms with van der Waals surface area (Å²) in [5.41, 5.74) is 3.56. The van der Waals surface area contributed by atoms with Gasteiger partial charge in [-0.1, -0.05) is 18.2 Å². The minimum absolute atomic E-state index is 0.383. The number of halogens is 1. The fourth-order valence-corrected chi connectivity index (χ4v) is 3.86. The van der Waals surface area contributed by atoms with Crippen molar-refractivity contribution in [2.24, 2.45) is 0 Å². The number of imidazole rings is 1. The van der Waals surface area contributed by atoms with E-state index in [1.807, 2.05) is 11.3 Å². The predicted octanol–water partition coefficient (Wildman–Crippen LogP) is 4.99. The van der Waals surface area contributed by atoms with E-state index in [2.05, 4.69) is 54.1 Å². The van der Waals surface area contributed by atoms with Gasteiger partial charge in [0.2, 0.25) is 0 Å². The summed E-state index contributed by atoms with van der Waals surface area (Å²) in [6, 6.07) is 11.1. The lowest BCUT2D eigenvalue weighted by Crippen LogP contribution is -2.12. The quantitative estimate of drug-likeness (QED) is 0.606. The Bertz CT molecular complexity index is 731. The minimum atomic E-state index is 0.383. The average Bonchev–Trinajstić information content (AvgIpc) is 3.07. The summed E-state index contributed by atoms with van der Waals surface area (Å²) in [6.45, 7) is 4.38.